The van der Waals surface area contributed by atoms with Crippen LogP contribution in [-0.4, -0.2) is 21.4 Å². The number of ether oxygens (including phenoxy) is 1. The van der Waals surface area contributed by atoms with Crippen molar-refractivity contribution in [1.82, 2.24) is 0 Å². The SMILES string of the molecule is CCC(O)CCc1ccc(-c2cccc(OCc3ccc(CO)c(CO)c3)c2)cc1C. The Labute approximate surface area is 184 Å². The number of rotatable bonds is 10. The van der Waals surface area contributed by atoms with Crippen molar-refractivity contribution >= 4 is 0 Å². The van der Waals surface area contributed by atoms with Gasteiger partial charge >= 0.3 is 0 Å². The maximum absolute atomic E-state index is 9.82. The highest BCUT2D eigenvalue weighted by molar-refractivity contribution is 5.66. The van der Waals surface area contributed by atoms with Gasteiger partial charge in [0.2, 0.25) is 0 Å². The first-order chi connectivity index (χ1) is 15.0. The molecular formula is C27H32O4. The fraction of sp³-hybridized carbons (Fsp3) is 0.333. The van der Waals surface area contributed by atoms with Crippen LogP contribution in [0.5, 0.6) is 5.75 Å². The first kappa shape index (κ1) is 23.0. The zero-order valence-corrected chi connectivity index (χ0v) is 18.3. The molecule has 0 aliphatic rings. The quantitative estimate of drug-likeness (QED) is 0.435. The molecule has 0 saturated heterocycles. The first-order valence-corrected chi connectivity index (χ1v) is 10.9. The van der Waals surface area contributed by atoms with Gasteiger partial charge in [-0.3, -0.25) is 0 Å². The van der Waals surface area contributed by atoms with Gasteiger partial charge in [0.25, 0.3) is 0 Å². The molecule has 3 N–H and O–H groups in total. The summed E-state index contributed by atoms with van der Waals surface area (Å²) in [5.41, 5.74) is 7.13. The Hall–Kier alpha value is -2.66. The van der Waals surface area contributed by atoms with Gasteiger partial charge in [0, 0.05) is 0 Å². The van der Waals surface area contributed by atoms with E-state index >= 15 is 0 Å². The normalized spacial score (nSPS) is 12.0. The van der Waals surface area contributed by atoms with Crippen LogP contribution in [0.25, 0.3) is 11.1 Å². The maximum Gasteiger partial charge on any atom is 0.120 e. The molecule has 0 fully saturated rings. The van der Waals surface area contributed by atoms with Crippen LogP contribution in [0.15, 0.2) is 60.7 Å². The average Bonchev–Trinajstić information content (AvgIpc) is 2.81. The Kier molecular flexibility index (Phi) is 8.24. The van der Waals surface area contributed by atoms with Gasteiger partial charge in [-0.05, 0) is 83.3 Å². The summed E-state index contributed by atoms with van der Waals surface area (Å²) < 4.78 is 5.99. The van der Waals surface area contributed by atoms with Crippen molar-refractivity contribution in [1.29, 1.82) is 0 Å². The third-order valence-corrected chi connectivity index (χ3v) is 5.74. The van der Waals surface area contributed by atoms with Crippen molar-refractivity contribution < 1.29 is 20.1 Å². The number of benzene rings is 3. The second-order valence-electron chi connectivity index (χ2n) is 7.98. The van der Waals surface area contributed by atoms with Crippen molar-refractivity contribution in [3.63, 3.8) is 0 Å². The molecule has 0 aliphatic carbocycles. The summed E-state index contributed by atoms with van der Waals surface area (Å²) in [7, 11) is 0. The van der Waals surface area contributed by atoms with Crippen LogP contribution in [0.4, 0.5) is 0 Å². The molecule has 4 heteroatoms. The van der Waals surface area contributed by atoms with E-state index in [2.05, 4.69) is 31.2 Å². The van der Waals surface area contributed by atoms with Crippen molar-refractivity contribution in [2.75, 3.05) is 0 Å². The molecule has 0 spiro atoms. The van der Waals surface area contributed by atoms with Crippen molar-refractivity contribution in [2.24, 2.45) is 0 Å². The lowest BCUT2D eigenvalue weighted by atomic mass is 9.96. The third kappa shape index (κ3) is 6.17. The molecule has 4 nitrogen and oxygen atoms in total. The van der Waals surface area contributed by atoms with Gasteiger partial charge in [-0.25, -0.2) is 0 Å². The number of aliphatic hydroxyl groups excluding tert-OH is 3. The summed E-state index contributed by atoms with van der Waals surface area (Å²) in [6.07, 6.45) is 2.23. The summed E-state index contributed by atoms with van der Waals surface area (Å²) in [4.78, 5) is 0. The Morgan fingerprint density at radius 3 is 2.29 bits per heavy atom. The predicted molar refractivity (Wildman–Crippen MR) is 124 cm³/mol. The Morgan fingerprint density at radius 2 is 1.58 bits per heavy atom. The smallest absolute Gasteiger partial charge is 0.120 e. The molecule has 0 heterocycles. The number of hydrogen-bond acceptors (Lipinski definition) is 4. The predicted octanol–water partition coefficient (Wildman–Crippen LogP) is 4.93. The molecule has 0 bridgehead atoms. The fourth-order valence-electron chi connectivity index (χ4n) is 3.68. The number of aliphatic hydroxyl groups is 3. The van der Waals surface area contributed by atoms with E-state index in [9.17, 15) is 15.3 Å². The molecule has 0 aliphatic heterocycles. The molecule has 1 atom stereocenters. The minimum absolute atomic E-state index is 0.0868. The van der Waals surface area contributed by atoms with E-state index in [0.29, 0.717) is 6.61 Å². The molecule has 164 valence electrons. The Balaban J connectivity index is 1.69. The van der Waals surface area contributed by atoms with E-state index in [1.807, 2.05) is 43.3 Å². The Morgan fingerprint density at radius 1 is 0.839 bits per heavy atom. The molecule has 3 aromatic rings. The maximum atomic E-state index is 9.82. The van der Waals surface area contributed by atoms with Crippen LogP contribution >= 0.6 is 0 Å². The zero-order valence-electron chi connectivity index (χ0n) is 18.3. The van der Waals surface area contributed by atoms with E-state index in [1.165, 1.54) is 11.1 Å². The molecule has 0 radical (unpaired) electrons. The van der Waals surface area contributed by atoms with Gasteiger partial charge in [-0.15, -0.1) is 0 Å². The fourth-order valence-corrected chi connectivity index (χ4v) is 3.68. The third-order valence-electron chi connectivity index (χ3n) is 5.74. The van der Waals surface area contributed by atoms with Crippen molar-refractivity contribution in [2.45, 2.75) is 59.0 Å². The largest absolute Gasteiger partial charge is 0.489 e. The summed E-state index contributed by atoms with van der Waals surface area (Å²) >= 11 is 0. The minimum atomic E-state index is -0.235. The van der Waals surface area contributed by atoms with E-state index in [-0.39, 0.29) is 19.3 Å². The molecule has 0 aromatic heterocycles. The topological polar surface area (TPSA) is 69.9 Å². The molecule has 1 unspecified atom stereocenters. The lowest BCUT2D eigenvalue weighted by molar-refractivity contribution is 0.160. The van der Waals surface area contributed by atoms with Crippen LogP contribution in [0.1, 0.15) is 47.6 Å². The van der Waals surface area contributed by atoms with Crippen LogP contribution in [0.2, 0.25) is 0 Å². The summed E-state index contributed by atoms with van der Waals surface area (Å²) in [5, 5.41) is 28.6. The zero-order chi connectivity index (χ0) is 22.2. The summed E-state index contributed by atoms with van der Waals surface area (Å²) in [6, 6.07) is 20.1. The second kappa shape index (κ2) is 11.1. The van der Waals surface area contributed by atoms with E-state index in [0.717, 1.165) is 52.8 Å². The highest BCUT2D eigenvalue weighted by Gasteiger charge is 2.08. The van der Waals surface area contributed by atoms with Crippen molar-refractivity contribution in [3.05, 3.63) is 88.5 Å². The van der Waals surface area contributed by atoms with Gasteiger partial charge in [-0.1, -0.05) is 49.4 Å². The van der Waals surface area contributed by atoms with E-state index in [4.69, 9.17) is 4.74 Å². The molecule has 0 saturated carbocycles. The average molecular weight is 421 g/mol. The summed E-state index contributed by atoms with van der Waals surface area (Å²) in [6.45, 7) is 4.32. The lowest BCUT2D eigenvalue weighted by Crippen LogP contribution is -2.06. The molecule has 0 amide bonds. The van der Waals surface area contributed by atoms with Crippen LogP contribution in [-0.2, 0) is 26.2 Å². The van der Waals surface area contributed by atoms with Gasteiger partial charge in [-0.2, -0.15) is 0 Å². The van der Waals surface area contributed by atoms with Crippen LogP contribution < -0.4 is 4.74 Å². The second-order valence-corrected chi connectivity index (χ2v) is 7.98. The molecule has 3 aromatic carbocycles. The lowest BCUT2D eigenvalue weighted by Gasteiger charge is -2.13. The van der Waals surface area contributed by atoms with Gasteiger partial charge in [0.05, 0.1) is 19.3 Å². The molecule has 31 heavy (non-hydrogen) atoms. The number of aryl methyl sites for hydroxylation is 2. The van der Waals surface area contributed by atoms with Gasteiger partial charge in [0.1, 0.15) is 12.4 Å². The van der Waals surface area contributed by atoms with E-state index in [1.54, 1.807) is 0 Å². The Bertz CT molecular complexity index is 996. The highest BCUT2D eigenvalue weighted by Crippen LogP contribution is 2.27. The van der Waals surface area contributed by atoms with Crippen LogP contribution in [0.3, 0.4) is 0 Å². The standard InChI is InChI=1S/C27H32O4/c1-3-26(30)12-11-21-9-10-23(13-19(21)2)22-5-4-6-27(15-22)31-18-20-7-8-24(16-28)25(14-20)17-29/h4-10,13-15,26,28-30H,3,11-12,16-18H2,1-2H3. The van der Waals surface area contributed by atoms with Gasteiger partial charge < -0.3 is 20.1 Å². The minimum Gasteiger partial charge on any atom is -0.489 e. The summed E-state index contributed by atoms with van der Waals surface area (Å²) in [5.74, 6) is 0.780. The van der Waals surface area contributed by atoms with E-state index < -0.39 is 0 Å². The molecular weight excluding hydrogens is 388 g/mol. The van der Waals surface area contributed by atoms with Crippen LogP contribution in [0, 0.1) is 6.92 Å². The highest BCUT2D eigenvalue weighted by atomic mass is 16.5. The monoisotopic (exact) mass is 420 g/mol. The molecule has 3 rings (SSSR count). The van der Waals surface area contributed by atoms with Crippen molar-refractivity contribution in [3.8, 4) is 16.9 Å². The number of hydrogen-bond donors (Lipinski definition) is 3. The first-order valence-electron chi connectivity index (χ1n) is 10.9. The van der Waals surface area contributed by atoms with Gasteiger partial charge in [0.15, 0.2) is 0 Å².